The number of hydrogen-bond acceptors (Lipinski definition) is 3. The van der Waals surface area contributed by atoms with Crippen LogP contribution < -0.4 is 5.32 Å². The van der Waals surface area contributed by atoms with E-state index in [9.17, 15) is 14.7 Å². The Morgan fingerprint density at radius 3 is 2.40 bits per heavy atom. The van der Waals surface area contributed by atoms with Crippen LogP contribution in [0, 0.1) is 0 Å². The maximum Gasteiger partial charge on any atom is 0.407 e. The van der Waals surface area contributed by atoms with Gasteiger partial charge in [-0.25, -0.2) is 9.59 Å². The van der Waals surface area contributed by atoms with Gasteiger partial charge in [-0.15, -0.1) is 0 Å². The summed E-state index contributed by atoms with van der Waals surface area (Å²) in [6.45, 7) is 12.4. The molecule has 3 unspecified atom stereocenters. The van der Waals surface area contributed by atoms with Gasteiger partial charge in [-0.05, 0) is 44.9 Å². The van der Waals surface area contributed by atoms with E-state index in [2.05, 4.69) is 25.0 Å². The van der Waals surface area contributed by atoms with Crippen molar-refractivity contribution < 1.29 is 19.4 Å². The molecule has 0 aromatic heterocycles. The number of rotatable bonds is 5. The number of nitrogens with one attached hydrogen (secondary N) is 1. The van der Waals surface area contributed by atoms with Gasteiger partial charge in [0.15, 0.2) is 0 Å². The number of hydrogen-bond donors (Lipinski definition) is 2. The molecule has 9 heteroatoms. The minimum Gasteiger partial charge on any atom is -0.465 e. The Kier molecular flexibility index (Phi) is 7.75. The van der Waals surface area contributed by atoms with Crippen LogP contribution in [-0.4, -0.2) is 54.5 Å². The van der Waals surface area contributed by atoms with Crippen molar-refractivity contribution in [1.82, 2.24) is 10.2 Å². The number of likely N-dealkylation sites (tertiary alicyclic amines) is 1. The smallest absolute Gasteiger partial charge is 0.407 e. The zero-order chi connectivity index (χ0) is 22.9. The average molecular weight is 475 g/mol. The van der Waals surface area contributed by atoms with Crippen molar-refractivity contribution in [3.8, 4) is 0 Å². The van der Waals surface area contributed by atoms with Gasteiger partial charge in [0.05, 0.1) is 12.1 Å². The molecule has 3 atom stereocenters. The predicted octanol–water partition coefficient (Wildman–Crippen LogP) is 6.06. The second-order valence-electron chi connectivity index (χ2n) is 10.0. The van der Waals surface area contributed by atoms with Crippen LogP contribution in [0.3, 0.4) is 0 Å². The molecule has 0 aliphatic carbocycles. The molecular formula is C21H32Cl2N2O4Si. The van der Waals surface area contributed by atoms with Crippen molar-refractivity contribution in [2.45, 2.75) is 76.5 Å². The summed E-state index contributed by atoms with van der Waals surface area (Å²) in [6.07, 6.45) is -0.892. The minimum absolute atomic E-state index is 0.244. The highest BCUT2D eigenvalue weighted by atomic mass is 35.5. The van der Waals surface area contributed by atoms with Crippen molar-refractivity contribution >= 4 is 43.5 Å². The zero-order valence-electron chi connectivity index (χ0n) is 18.5. The van der Waals surface area contributed by atoms with Crippen molar-refractivity contribution in [1.29, 1.82) is 0 Å². The number of carbonyl (C=O) groups is 2. The molecule has 30 heavy (non-hydrogen) atoms. The molecule has 1 saturated heterocycles. The van der Waals surface area contributed by atoms with Crippen LogP contribution in [-0.2, 0) is 4.74 Å². The fraction of sp³-hybridized carbons (Fsp3) is 0.619. The van der Waals surface area contributed by atoms with Crippen LogP contribution in [0.15, 0.2) is 18.2 Å². The molecule has 1 aromatic rings. The summed E-state index contributed by atoms with van der Waals surface area (Å²) in [4.78, 5) is 26.1. The number of alkyl carbamates (subject to hydrolysis) is 1. The third-order valence-corrected chi connectivity index (χ3v) is 7.47. The summed E-state index contributed by atoms with van der Waals surface area (Å²) in [5, 5.41) is 13.8. The first-order valence-corrected chi connectivity index (χ1v) is 14.6. The van der Waals surface area contributed by atoms with Crippen molar-refractivity contribution in [2.75, 3.05) is 6.54 Å². The lowest BCUT2D eigenvalue weighted by Crippen LogP contribution is -2.49. The summed E-state index contributed by atoms with van der Waals surface area (Å²) >= 11 is 12.5. The maximum absolute atomic E-state index is 12.6. The summed E-state index contributed by atoms with van der Waals surface area (Å²) in [7, 11) is -1.42. The number of ether oxygens (including phenoxy) is 1. The van der Waals surface area contributed by atoms with Gasteiger partial charge in [-0.1, -0.05) is 55.0 Å². The molecule has 6 nitrogen and oxygen atoms in total. The van der Waals surface area contributed by atoms with Gasteiger partial charge >= 0.3 is 12.2 Å². The Morgan fingerprint density at radius 2 is 1.90 bits per heavy atom. The fourth-order valence-electron chi connectivity index (χ4n) is 3.79. The normalized spacial score (nSPS) is 22.1. The van der Waals surface area contributed by atoms with E-state index in [1.54, 1.807) is 39.0 Å². The average Bonchev–Trinajstić information content (AvgIpc) is 2.89. The Balaban J connectivity index is 2.41. The van der Waals surface area contributed by atoms with Gasteiger partial charge in [0.1, 0.15) is 5.60 Å². The zero-order valence-corrected chi connectivity index (χ0v) is 21.0. The largest absolute Gasteiger partial charge is 0.465 e. The van der Waals surface area contributed by atoms with E-state index >= 15 is 0 Å². The Bertz CT molecular complexity index is 792. The van der Waals surface area contributed by atoms with E-state index < -0.39 is 31.9 Å². The molecule has 2 amide bonds. The highest BCUT2D eigenvalue weighted by molar-refractivity contribution is 6.76. The SMILES string of the molecule is CC(C)(C)OC(=O)NC1C(c2ccc(Cl)cc2Cl)CN(C(=O)O)C1CC[Si](C)(C)C. The highest BCUT2D eigenvalue weighted by Crippen LogP contribution is 2.39. The molecule has 1 aliphatic rings. The van der Waals surface area contributed by atoms with Gasteiger partial charge in [0.25, 0.3) is 0 Å². The molecule has 1 heterocycles. The number of amides is 2. The van der Waals surface area contributed by atoms with Gasteiger partial charge < -0.3 is 20.1 Å². The number of carbonyl (C=O) groups excluding carboxylic acids is 1. The third kappa shape index (κ3) is 6.79. The summed E-state index contributed by atoms with van der Waals surface area (Å²) in [6, 6.07) is 5.30. The van der Waals surface area contributed by atoms with E-state index in [0.29, 0.717) is 16.5 Å². The van der Waals surface area contributed by atoms with E-state index in [1.807, 2.05) is 0 Å². The van der Waals surface area contributed by atoms with Gasteiger partial charge in [0.2, 0.25) is 0 Å². The van der Waals surface area contributed by atoms with Crippen LogP contribution in [0.5, 0.6) is 0 Å². The number of halogens is 2. The van der Waals surface area contributed by atoms with E-state index in [0.717, 1.165) is 11.6 Å². The van der Waals surface area contributed by atoms with Crippen molar-refractivity contribution in [3.05, 3.63) is 33.8 Å². The van der Waals surface area contributed by atoms with Crippen LogP contribution in [0.1, 0.15) is 38.7 Å². The number of benzene rings is 1. The molecule has 1 fully saturated rings. The third-order valence-electron chi connectivity index (χ3n) is 5.12. The topological polar surface area (TPSA) is 78.9 Å². The Morgan fingerprint density at radius 1 is 1.27 bits per heavy atom. The second kappa shape index (κ2) is 9.36. The van der Waals surface area contributed by atoms with Crippen LogP contribution >= 0.6 is 23.2 Å². The van der Waals surface area contributed by atoms with Crippen molar-refractivity contribution in [3.63, 3.8) is 0 Å². The lowest BCUT2D eigenvalue weighted by molar-refractivity contribution is 0.0485. The first kappa shape index (κ1) is 24.8. The molecule has 1 aromatic carbocycles. The van der Waals surface area contributed by atoms with Crippen LogP contribution in [0.4, 0.5) is 9.59 Å². The molecule has 2 N–H and O–H groups in total. The van der Waals surface area contributed by atoms with Gasteiger partial charge in [-0.2, -0.15) is 0 Å². The molecule has 0 spiro atoms. The summed E-state index contributed by atoms with van der Waals surface area (Å²) < 4.78 is 5.46. The Labute approximate surface area is 189 Å². The van der Waals surface area contributed by atoms with Crippen LogP contribution in [0.25, 0.3) is 0 Å². The van der Waals surface area contributed by atoms with E-state index in [4.69, 9.17) is 27.9 Å². The predicted molar refractivity (Wildman–Crippen MR) is 124 cm³/mol. The maximum atomic E-state index is 12.6. The Hall–Kier alpha value is -1.44. The quantitative estimate of drug-likeness (QED) is 0.508. The standard InChI is InChI=1S/C21H32Cl2N2O4Si/c1-21(2,3)29-19(26)24-18-15(14-8-7-13(22)11-16(14)23)12-25(20(27)28)17(18)9-10-30(4,5)6/h7-8,11,15,17-18H,9-10,12H2,1-6H3,(H,24,26)(H,27,28). The highest BCUT2D eigenvalue weighted by Gasteiger charge is 2.46. The van der Waals surface area contributed by atoms with E-state index in [-0.39, 0.29) is 18.5 Å². The molecule has 0 saturated carbocycles. The van der Waals surface area contributed by atoms with Gasteiger partial charge in [-0.3, -0.25) is 0 Å². The van der Waals surface area contributed by atoms with Crippen molar-refractivity contribution in [2.24, 2.45) is 0 Å². The first-order chi connectivity index (χ1) is 13.7. The first-order valence-electron chi connectivity index (χ1n) is 10.1. The molecule has 2 rings (SSSR count). The fourth-order valence-corrected chi connectivity index (χ4v) is 5.50. The monoisotopic (exact) mass is 474 g/mol. The van der Waals surface area contributed by atoms with Gasteiger partial charge in [0, 0.05) is 30.6 Å². The molecule has 0 radical (unpaired) electrons. The molecule has 1 aliphatic heterocycles. The minimum atomic E-state index is -1.42. The number of nitrogens with zero attached hydrogens (tertiary/aromatic N) is 1. The molecule has 168 valence electrons. The van der Waals surface area contributed by atoms with Crippen LogP contribution in [0.2, 0.25) is 35.7 Å². The second-order valence-corrected chi connectivity index (χ2v) is 16.5. The molecular weight excluding hydrogens is 443 g/mol. The number of carboxylic acid groups (broad SMARTS) is 1. The lowest BCUT2D eigenvalue weighted by Gasteiger charge is -2.31. The summed E-state index contributed by atoms with van der Waals surface area (Å²) in [5.41, 5.74) is 0.111. The lowest BCUT2D eigenvalue weighted by atomic mass is 9.90. The van der Waals surface area contributed by atoms with E-state index in [1.165, 1.54) is 4.90 Å². The molecule has 0 bridgehead atoms. The summed E-state index contributed by atoms with van der Waals surface area (Å²) in [5.74, 6) is -0.301.